The quantitative estimate of drug-likeness (QED) is 0.847. The maximum atomic E-state index is 12.1. The number of rotatable bonds is 4. The lowest BCUT2D eigenvalue weighted by molar-refractivity contribution is 0.102. The van der Waals surface area contributed by atoms with E-state index in [2.05, 4.69) is 21.6 Å². The predicted molar refractivity (Wildman–Crippen MR) is 78.8 cm³/mol. The van der Waals surface area contributed by atoms with Crippen molar-refractivity contribution in [2.24, 2.45) is 0 Å². The molecular weight excluding hydrogens is 272 g/mol. The van der Waals surface area contributed by atoms with Gasteiger partial charge in [-0.15, -0.1) is 11.8 Å². The zero-order valence-electron chi connectivity index (χ0n) is 11.2. The number of carbonyl (C=O) groups is 1. The molecule has 2 aromatic rings. The SMILES string of the molecule is CCSc1n[nH]c(NC(=O)c2ccc(C)cc2)c1C#N. The zero-order valence-corrected chi connectivity index (χ0v) is 12.0. The van der Waals surface area contributed by atoms with Crippen LogP contribution in [0.4, 0.5) is 5.82 Å². The lowest BCUT2D eigenvalue weighted by atomic mass is 10.1. The van der Waals surface area contributed by atoms with Crippen LogP contribution in [0.1, 0.15) is 28.4 Å². The average molecular weight is 286 g/mol. The van der Waals surface area contributed by atoms with E-state index in [0.29, 0.717) is 22.0 Å². The third-order valence-corrected chi connectivity index (χ3v) is 3.54. The summed E-state index contributed by atoms with van der Waals surface area (Å²) in [4.78, 5) is 12.1. The van der Waals surface area contributed by atoms with Crippen LogP contribution in [-0.2, 0) is 0 Å². The first-order valence-corrected chi connectivity index (χ1v) is 7.13. The molecule has 0 radical (unpaired) electrons. The van der Waals surface area contributed by atoms with Gasteiger partial charge in [0.25, 0.3) is 5.91 Å². The molecule has 1 amide bonds. The number of nitriles is 1. The van der Waals surface area contributed by atoms with Gasteiger partial charge in [-0.3, -0.25) is 9.89 Å². The number of amides is 1. The molecule has 1 aromatic carbocycles. The predicted octanol–water partition coefficient (Wildman–Crippen LogP) is 2.95. The molecule has 0 aliphatic carbocycles. The van der Waals surface area contributed by atoms with Crippen molar-refractivity contribution >= 4 is 23.5 Å². The number of carbonyl (C=O) groups excluding carboxylic acids is 1. The first-order chi connectivity index (χ1) is 9.65. The molecule has 0 unspecified atom stereocenters. The summed E-state index contributed by atoms with van der Waals surface area (Å²) in [5, 5.41) is 19.2. The number of hydrogen-bond donors (Lipinski definition) is 2. The van der Waals surface area contributed by atoms with Crippen LogP contribution >= 0.6 is 11.8 Å². The van der Waals surface area contributed by atoms with Gasteiger partial charge < -0.3 is 5.32 Å². The Bertz CT molecular complexity index is 655. The third kappa shape index (κ3) is 3.00. The van der Waals surface area contributed by atoms with Gasteiger partial charge in [-0.1, -0.05) is 24.6 Å². The zero-order chi connectivity index (χ0) is 14.5. The molecular formula is C14H14N4OS. The van der Waals surface area contributed by atoms with Gasteiger partial charge in [-0.25, -0.2) is 0 Å². The number of H-pyrrole nitrogens is 1. The van der Waals surface area contributed by atoms with Crippen molar-refractivity contribution < 1.29 is 4.79 Å². The molecule has 0 fully saturated rings. The van der Waals surface area contributed by atoms with Gasteiger partial charge in [0.1, 0.15) is 22.5 Å². The van der Waals surface area contributed by atoms with Gasteiger partial charge in [-0.2, -0.15) is 10.4 Å². The van der Waals surface area contributed by atoms with E-state index in [0.717, 1.165) is 11.3 Å². The molecule has 0 saturated heterocycles. The monoisotopic (exact) mass is 286 g/mol. The summed E-state index contributed by atoms with van der Waals surface area (Å²) in [6.45, 7) is 3.93. The lowest BCUT2D eigenvalue weighted by Crippen LogP contribution is -2.13. The summed E-state index contributed by atoms with van der Waals surface area (Å²) in [5.74, 6) is 0.887. The first-order valence-electron chi connectivity index (χ1n) is 6.15. The van der Waals surface area contributed by atoms with Gasteiger partial charge in [0, 0.05) is 5.56 Å². The molecule has 0 aliphatic rings. The van der Waals surface area contributed by atoms with E-state index in [1.807, 2.05) is 26.0 Å². The van der Waals surface area contributed by atoms with Gasteiger partial charge >= 0.3 is 0 Å². The van der Waals surface area contributed by atoms with Crippen molar-refractivity contribution in [1.29, 1.82) is 5.26 Å². The molecule has 0 saturated carbocycles. The smallest absolute Gasteiger partial charge is 0.256 e. The standard InChI is InChI=1S/C14H14N4OS/c1-3-20-14-11(8-15)12(17-18-14)16-13(19)10-6-4-9(2)5-7-10/h4-7H,3H2,1-2H3,(H2,16,17,18,19). The third-order valence-electron chi connectivity index (χ3n) is 2.68. The van der Waals surface area contributed by atoms with Crippen molar-refractivity contribution in [2.45, 2.75) is 18.9 Å². The number of hydrogen-bond acceptors (Lipinski definition) is 4. The average Bonchev–Trinajstić information content (AvgIpc) is 2.82. The minimum Gasteiger partial charge on any atom is -0.306 e. The number of thioether (sulfide) groups is 1. The van der Waals surface area contributed by atoms with Gasteiger partial charge in [-0.05, 0) is 24.8 Å². The normalized spacial score (nSPS) is 10.1. The van der Waals surface area contributed by atoms with Crippen LogP contribution in [-0.4, -0.2) is 21.9 Å². The van der Waals surface area contributed by atoms with E-state index < -0.39 is 0 Å². The fourth-order valence-corrected chi connectivity index (χ4v) is 2.33. The molecule has 102 valence electrons. The van der Waals surface area contributed by atoms with Gasteiger partial charge in [0.15, 0.2) is 0 Å². The molecule has 0 atom stereocenters. The molecule has 1 aromatic heterocycles. The maximum absolute atomic E-state index is 12.1. The van der Waals surface area contributed by atoms with Crippen molar-refractivity contribution in [1.82, 2.24) is 10.2 Å². The molecule has 1 heterocycles. The van der Waals surface area contributed by atoms with Gasteiger partial charge in [0.2, 0.25) is 0 Å². The van der Waals surface area contributed by atoms with Crippen molar-refractivity contribution in [2.75, 3.05) is 11.1 Å². The molecule has 2 rings (SSSR count). The summed E-state index contributed by atoms with van der Waals surface area (Å²) in [6, 6.07) is 9.29. The van der Waals surface area contributed by atoms with Crippen LogP contribution in [0.5, 0.6) is 0 Å². The number of aromatic amines is 1. The number of anilines is 1. The topological polar surface area (TPSA) is 81.6 Å². The Kier molecular flexibility index (Phi) is 4.43. The molecule has 0 aliphatic heterocycles. The number of nitrogens with one attached hydrogen (secondary N) is 2. The highest BCUT2D eigenvalue weighted by molar-refractivity contribution is 7.99. The Morgan fingerprint density at radius 2 is 2.15 bits per heavy atom. The second-order valence-electron chi connectivity index (χ2n) is 4.14. The molecule has 0 spiro atoms. The van der Waals surface area contributed by atoms with Crippen molar-refractivity contribution in [3.63, 3.8) is 0 Å². The van der Waals surface area contributed by atoms with E-state index in [1.165, 1.54) is 11.8 Å². The Morgan fingerprint density at radius 1 is 1.45 bits per heavy atom. The number of benzene rings is 1. The minimum atomic E-state index is -0.266. The first kappa shape index (κ1) is 14.2. The summed E-state index contributed by atoms with van der Waals surface area (Å²) >= 11 is 1.46. The molecule has 5 nitrogen and oxygen atoms in total. The van der Waals surface area contributed by atoms with Crippen LogP contribution in [0.25, 0.3) is 0 Å². The largest absolute Gasteiger partial charge is 0.306 e. The number of nitrogens with zero attached hydrogens (tertiary/aromatic N) is 2. The van der Waals surface area contributed by atoms with E-state index >= 15 is 0 Å². The summed E-state index contributed by atoms with van der Waals surface area (Å²) in [5.41, 5.74) is 2.00. The Hall–Kier alpha value is -2.26. The van der Waals surface area contributed by atoms with E-state index in [4.69, 9.17) is 5.26 Å². The van der Waals surface area contributed by atoms with Crippen LogP contribution in [0.3, 0.4) is 0 Å². The highest BCUT2D eigenvalue weighted by atomic mass is 32.2. The Morgan fingerprint density at radius 3 is 2.75 bits per heavy atom. The van der Waals surface area contributed by atoms with E-state index in [1.54, 1.807) is 12.1 Å². The fourth-order valence-electron chi connectivity index (χ4n) is 1.65. The Labute approximate surface area is 121 Å². The number of aromatic nitrogens is 2. The second kappa shape index (κ2) is 6.26. The van der Waals surface area contributed by atoms with Crippen molar-refractivity contribution in [3.05, 3.63) is 41.0 Å². The summed E-state index contributed by atoms with van der Waals surface area (Å²) in [7, 11) is 0. The molecule has 20 heavy (non-hydrogen) atoms. The van der Waals surface area contributed by atoms with Crippen LogP contribution in [0.2, 0.25) is 0 Å². The van der Waals surface area contributed by atoms with E-state index in [-0.39, 0.29) is 5.91 Å². The molecule has 6 heteroatoms. The van der Waals surface area contributed by atoms with Crippen molar-refractivity contribution in [3.8, 4) is 6.07 Å². The van der Waals surface area contributed by atoms with E-state index in [9.17, 15) is 4.79 Å². The second-order valence-corrected chi connectivity index (χ2v) is 5.40. The summed E-state index contributed by atoms with van der Waals surface area (Å²) in [6.07, 6.45) is 0. The molecule has 2 N–H and O–H groups in total. The minimum absolute atomic E-state index is 0.266. The highest BCUT2D eigenvalue weighted by Crippen LogP contribution is 2.25. The molecule has 0 bridgehead atoms. The van der Waals surface area contributed by atoms with Gasteiger partial charge in [0.05, 0.1) is 0 Å². The Balaban J connectivity index is 2.20. The number of aryl methyl sites for hydroxylation is 1. The summed E-state index contributed by atoms with van der Waals surface area (Å²) < 4.78 is 0. The lowest BCUT2D eigenvalue weighted by Gasteiger charge is -2.03. The maximum Gasteiger partial charge on any atom is 0.256 e. The van der Waals surface area contributed by atoms with Crippen LogP contribution in [0, 0.1) is 18.3 Å². The highest BCUT2D eigenvalue weighted by Gasteiger charge is 2.15. The fraction of sp³-hybridized carbons (Fsp3) is 0.214. The van der Waals surface area contributed by atoms with Crippen LogP contribution < -0.4 is 5.32 Å². The van der Waals surface area contributed by atoms with Crippen LogP contribution in [0.15, 0.2) is 29.3 Å².